The summed E-state index contributed by atoms with van der Waals surface area (Å²) in [6.45, 7) is 0. The molecule has 3 aromatic rings. The molecule has 0 aliphatic heterocycles. The van der Waals surface area contributed by atoms with E-state index in [1.54, 1.807) is 35.1 Å². The third kappa shape index (κ3) is 2.58. The van der Waals surface area contributed by atoms with Gasteiger partial charge in [0, 0.05) is 0 Å². The van der Waals surface area contributed by atoms with Crippen LogP contribution in [0, 0.1) is 0 Å². The van der Waals surface area contributed by atoms with E-state index in [4.69, 9.17) is 3.07 Å². The lowest BCUT2D eigenvalue weighted by atomic mass is 9.96. The number of carbonyl (C=O) groups is 1. The van der Waals surface area contributed by atoms with Crippen LogP contribution in [-0.2, 0) is 0 Å². The van der Waals surface area contributed by atoms with Crippen molar-refractivity contribution in [1.82, 2.24) is 0 Å². The van der Waals surface area contributed by atoms with Crippen molar-refractivity contribution in [3.63, 3.8) is 0 Å². The summed E-state index contributed by atoms with van der Waals surface area (Å²) in [6, 6.07) is 19.3. The zero-order chi connectivity index (χ0) is 14.8. The van der Waals surface area contributed by atoms with Gasteiger partial charge < -0.3 is 8.17 Å². The van der Waals surface area contributed by atoms with E-state index in [-0.39, 0.29) is 5.56 Å². The van der Waals surface area contributed by atoms with Gasteiger partial charge in [-0.05, 0) is 34.0 Å². The SMILES string of the molecule is O=C(O)c1cc2cccc(-c3ccccc3)c2cc1OI. The molecule has 3 rings (SSSR count). The third-order valence-electron chi connectivity index (χ3n) is 3.38. The van der Waals surface area contributed by atoms with Crippen molar-refractivity contribution in [3.05, 3.63) is 66.2 Å². The molecule has 21 heavy (non-hydrogen) atoms. The largest absolute Gasteiger partial charge is 0.478 e. The molecule has 3 nitrogen and oxygen atoms in total. The number of carboxylic acid groups (broad SMARTS) is 1. The highest BCUT2D eigenvalue weighted by Crippen LogP contribution is 2.34. The Bertz CT molecular complexity index is 813. The summed E-state index contributed by atoms with van der Waals surface area (Å²) >= 11 is 1.71. The molecule has 4 heteroatoms. The quantitative estimate of drug-likeness (QED) is 0.645. The molecule has 0 aromatic heterocycles. The molecular weight excluding hydrogens is 379 g/mol. The van der Waals surface area contributed by atoms with Gasteiger partial charge in [0.2, 0.25) is 0 Å². The minimum atomic E-state index is -0.992. The van der Waals surface area contributed by atoms with Gasteiger partial charge in [0.25, 0.3) is 0 Å². The molecule has 104 valence electrons. The predicted octanol–water partition coefficient (Wildman–Crippen LogP) is 4.93. The summed E-state index contributed by atoms with van der Waals surface area (Å²) in [5.74, 6) is -0.632. The van der Waals surface area contributed by atoms with Gasteiger partial charge >= 0.3 is 5.97 Å². The van der Waals surface area contributed by atoms with Crippen molar-refractivity contribution in [2.45, 2.75) is 0 Å². The molecular formula is C17H11IO3. The summed E-state index contributed by atoms with van der Waals surface area (Å²) in [5.41, 5.74) is 2.31. The minimum Gasteiger partial charge on any atom is -0.478 e. The molecule has 0 aliphatic carbocycles. The van der Waals surface area contributed by atoms with E-state index in [0.29, 0.717) is 5.75 Å². The van der Waals surface area contributed by atoms with E-state index in [9.17, 15) is 9.90 Å². The number of aromatic carboxylic acids is 1. The Labute approximate surface area is 135 Å². The van der Waals surface area contributed by atoms with Crippen LogP contribution in [0.2, 0.25) is 0 Å². The Hall–Kier alpha value is -2.08. The fraction of sp³-hybridized carbons (Fsp3) is 0. The topological polar surface area (TPSA) is 46.5 Å². The maximum atomic E-state index is 11.3. The number of hydrogen-bond donors (Lipinski definition) is 1. The second-order valence-corrected chi connectivity index (χ2v) is 5.06. The molecule has 3 aromatic carbocycles. The normalized spacial score (nSPS) is 10.5. The number of fused-ring (bicyclic) bond motifs is 1. The molecule has 1 N–H and O–H groups in total. The molecule has 0 atom stereocenters. The third-order valence-corrected chi connectivity index (χ3v) is 3.85. The molecule has 0 saturated carbocycles. The first kappa shape index (κ1) is 13.9. The Kier molecular flexibility index (Phi) is 3.79. The summed E-state index contributed by atoms with van der Waals surface area (Å²) in [6.07, 6.45) is 0. The number of rotatable bonds is 3. The highest BCUT2D eigenvalue weighted by molar-refractivity contribution is 14.1. The van der Waals surface area contributed by atoms with Crippen molar-refractivity contribution >= 4 is 39.7 Å². The smallest absolute Gasteiger partial charge is 0.339 e. The fourth-order valence-corrected chi connectivity index (χ4v) is 2.77. The minimum absolute atomic E-state index is 0.169. The van der Waals surface area contributed by atoms with Crippen molar-refractivity contribution in [2.75, 3.05) is 0 Å². The zero-order valence-electron chi connectivity index (χ0n) is 10.9. The van der Waals surface area contributed by atoms with Gasteiger partial charge in [-0.15, -0.1) is 0 Å². The van der Waals surface area contributed by atoms with E-state index in [2.05, 4.69) is 0 Å². The molecule has 0 fully saturated rings. The Morgan fingerprint density at radius 2 is 1.76 bits per heavy atom. The molecule has 0 bridgehead atoms. The summed E-state index contributed by atoms with van der Waals surface area (Å²) in [4.78, 5) is 11.3. The second-order valence-electron chi connectivity index (χ2n) is 4.62. The van der Waals surface area contributed by atoms with Gasteiger partial charge in [0.1, 0.15) is 11.3 Å². The van der Waals surface area contributed by atoms with E-state index >= 15 is 0 Å². The van der Waals surface area contributed by atoms with Gasteiger partial charge in [0.15, 0.2) is 23.0 Å². The number of carboxylic acids is 1. The maximum Gasteiger partial charge on any atom is 0.339 e. The molecule has 0 heterocycles. The van der Waals surface area contributed by atoms with Gasteiger partial charge in [-0.2, -0.15) is 0 Å². The fourth-order valence-electron chi connectivity index (χ4n) is 2.41. The molecule has 0 spiro atoms. The van der Waals surface area contributed by atoms with E-state index < -0.39 is 5.97 Å². The standard InChI is InChI=1S/C17H11IO3/c18-21-16-10-14-12(9-15(16)17(19)20)7-4-8-13(14)11-5-2-1-3-6-11/h1-10H,(H,19,20). The Morgan fingerprint density at radius 1 is 1.00 bits per heavy atom. The van der Waals surface area contributed by atoms with Crippen molar-refractivity contribution in [3.8, 4) is 16.9 Å². The van der Waals surface area contributed by atoms with Crippen LogP contribution in [0.3, 0.4) is 0 Å². The highest BCUT2D eigenvalue weighted by Gasteiger charge is 2.14. The van der Waals surface area contributed by atoms with Gasteiger partial charge in [-0.25, -0.2) is 4.79 Å². The van der Waals surface area contributed by atoms with Crippen LogP contribution in [0.4, 0.5) is 0 Å². The van der Waals surface area contributed by atoms with Crippen LogP contribution in [0.25, 0.3) is 21.9 Å². The van der Waals surface area contributed by atoms with Crippen LogP contribution in [0.1, 0.15) is 10.4 Å². The lowest BCUT2D eigenvalue weighted by molar-refractivity contribution is 0.0695. The average molecular weight is 390 g/mol. The highest BCUT2D eigenvalue weighted by atomic mass is 127. The van der Waals surface area contributed by atoms with Gasteiger partial charge in [-0.1, -0.05) is 48.5 Å². The first-order chi connectivity index (χ1) is 10.2. The first-order valence-corrected chi connectivity index (χ1v) is 7.23. The summed E-state index contributed by atoms with van der Waals surface area (Å²) in [5, 5.41) is 11.1. The lowest BCUT2D eigenvalue weighted by Crippen LogP contribution is -1.98. The average Bonchev–Trinajstić information content (AvgIpc) is 2.53. The molecule has 0 unspecified atom stereocenters. The predicted molar refractivity (Wildman–Crippen MR) is 91.0 cm³/mol. The van der Waals surface area contributed by atoms with Crippen LogP contribution in [0.15, 0.2) is 60.7 Å². The van der Waals surface area contributed by atoms with Crippen molar-refractivity contribution in [1.29, 1.82) is 0 Å². The Morgan fingerprint density at radius 3 is 2.43 bits per heavy atom. The van der Waals surface area contributed by atoms with Gasteiger partial charge in [0.05, 0.1) is 0 Å². The van der Waals surface area contributed by atoms with Crippen molar-refractivity contribution < 1.29 is 13.0 Å². The maximum absolute atomic E-state index is 11.3. The van der Waals surface area contributed by atoms with E-state index in [1.807, 2.05) is 48.5 Å². The van der Waals surface area contributed by atoms with Gasteiger partial charge in [-0.3, -0.25) is 0 Å². The van der Waals surface area contributed by atoms with Crippen LogP contribution >= 0.6 is 23.0 Å². The van der Waals surface area contributed by atoms with E-state index in [0.717, 1.165) is 21.9 Å². The summed E-state index contributed by atoms with van der Waals surface area (Å²) < 4.78 is 5.19. The number of hydrogen-bond acceptors (Lipinski definition) is 2. The summed E-state index contributed by atoms with van der Waals surface area (Å²) in [7, 11) is 0. The van der Waals surface area contributed by atoms with Crippen LogP contribution < -0.4 is 3.07 Å². The van der Waals surface area contributed by atoms with Crippen molar-refractivity contribution in [2.24, 2.45) is 0 Å². The first-order valence-electron chi connectivity index (χ1n) is 6.35. The van der Waals surface area contributed by atoms with Crippen LogP contribution in [-0.4, -0.2) is 11.1 Å². The number of benzene rings is 3. The number of halogens is 1. The molecule has 0 radical (unpaired) electrons. The second kappa shape index (κ2) is 5.73. The lowest BCUT2D eigenvalue weighted by Gasteiger charge is -2.10. The van der Waals surface area contributed by atoms with Crippen LogP contribution in [0.5, 0.6) is 5.75 Å². The molecule has 0 saturated heterocycles. The zero-order valence-corrected chi connectivity index (χ0v) is 13.1. The Balaban J connectivity index is 2.31. The monoisotopic (exact) mass is 390 g/mol. The van der Waals surface area contributed by atoms with E-state index in [1.165, 1.54) is 0 Å². The molecule has 0 amide bonds. The molecule has 0 aliphatic rings.